The van der Waals surface area contributed by atoms with Crippen molar-refractivity contribution >= 4 is 19.7 Å². The van der Waals surface area contributed by atoms with Crippen molar-refractivity contribution in [1.82, 2.24) is 5.32 Å². The van der Waals surface area contributed by atoms with Crippen molar-refractivity contribution in [3.8, 4) is 0 Å². The molecule has 0 aromatic heterocycles. The molecule has 0 aromatic carbocycles. The number of nitrogens with one attached hydrogen (secondary N) is 1. The fourth-order valence-corrected chi connectivity index (χ4v) is 7.73. The van der Waals surface area contributed by atoms with Gasteiger partial charge >= 0.3 is 5.97 Å². The van der Waals surface area contributed by atoms with Gasteiger partial charge in [0.1, 0.15) is 19.3 Å². The van der Waals surface area contributed by atoms with E-state index in [4.69, 9.17) is 13.8 Å². The smallest absolute Gasteiger partial charge is 0.306 e. The number of phosphoric acid groups is 1. The molecule has 0 aliphatic carbocycles. The fourth-order valence-electron chi connectivity index (χ4n) is 7.01. The molecule has 9 nitrogen and oxygen atoms in total. The third kappa shape index (κ3) is 43.2. The first kappa shape index (κ1) is 60.0. The summed E-state index contributed by atoms with van der Waals surface area (Å²) in [7, 11) is 1.17. The molecule has 3 unspecified atom stereocenters. The zero-order chi connectivity index (χ0) is 45.8. The number of unbranched alkanes of at least 4 members (excludes halogenated alkanes) is 23. The van der Waals surface area contributed by atoms with Crippen LogP contribution in [0.3, 0.4) is 0 Å². The van der Waals surface area contributed by atoms with Gasteiger partial charge in [0, 0.05) is 12.8 Å². The molecular weight excluding hydrogens is 796 g/mol. The summed E-state index contributed by atoms with van der Waals surface area (Å²) in [6.07, 6.45) is 49.3. The topological polar surface area (TPSA) is 114 Å². The Morgan fingerprint density at radius 3 is 1.60 bits per heavy atom. The molecule has 0 heterocycles. The number of likely N-dealkylation sites (N-methyl/N-ethyl adjacent to an activating group) is 1. The van der Waals surface area contributed by atoms with Gasteiger partial charge in [-0.1, -0.05) is 179 Å². The van der Waals surface area contributed by atoms with Crippen LogP contribution < -0.4 is 10.2 Å². The average Bonchev–Trinajstić information content (AvgIpc) is 3.22. The molecule has 362 valence electrons. The number of quaternary nitrogens is 1. The third-order valence-corrected chi connectivity index (χ3v) is 12.0. The lowest BCUT2D eigenvalue weighted by Crippen LogP contribution is -2.47. The summed E-state index contributed by atoms with van der Waals surface area (Å²) in [5.74, 6) is -0.565. The number of allylic oxidation sites excluding steroid dienone is 7. The predicted molar refractivity (Wildman–Crippen MR) is 261 cm³/mol. The molecule has 1 N–H and O–H groups in total. The second-order valence-electron chi connectivity index (χ2n) is 18.3. The Labute approximate surface area is 382 Å². The van der Waals surface area contributed by atoms with Crippen molar-refractivity contribution in [2.75, 3.05) is 40.9 Å². The van der Waals surface area contributed by atoms with E-state index in [9.17, 15) is 19.0 Å². The molecule has 0 aromatic rings. The second kappa shape index (κ2) is 42.9. The minimum Gasteiger partial charge on any atom is -0.756 e. The van der Waals surface area contributed by atoms with E-state index in [-0.39, 0.29) is 24.9 Å². The normalized spacial score (nSPS) is 14.4. The van der Waals surface area contributed by atoms with Crippen molar-refractivity contribution < 1.29 is 37.3 Å². The highest BCUT2D eigenvalue weighted by atomic mass is 31.2. The van der Waals surface area contributed by atoms with Gasteiger partial charge in [0.2, 0.25) is 5.91 Å². The Morgan fingerprint density at radius 2 is 1.05 bits per heavy atom. The van der Waals surface area contributed by atoms with E-state index in [1.54, 1.807) is 0 Å². The molecular formula is C52H97N2O7P. The number of amides is 1. The first-order valence-corrected chi connectivity index (χ1v) is 26.9. The van der Waals surface area contributed by atoms with Crippen molar-refractivity contribution in [3.05, 3.63) is 48.6 Å². The summed E-state index contributed by atoms with van der Waals surface area (Å²) in [5, 5.41) is 2.99. The molecule has 0 rings (SSSR count). The van der Waals surface area contributed by atoms with E-state index in [1.807, 2.05) is 33.3 Å². The van der Waals surface area contributed by atoms with Crippen LogP contribution >= 0.6 is 7.82 Å². The average molecular weight is 893 g/mol. The first-order valence-electron chi connectivity index (χ1n) is 25.4. The number of hydrogen-bond donors (Lipinski definition) is 1. The van der Waals surface area contributed by atoms with E-state index >= 15 is 0 Å². The third-order valence-electron chi connectivity index (χ3n) is 11.0. The highest BCUT2D eigenvalue weighted by Gasteiger charge is 2.27. The molecule has 0 fully saturated rings. The minimum atomic E-state index is -4.69. The Morgan fingerprint density at radius 1 is 0.581 bits per heavy atom. The van der Waals surface area contributed by atoms with Crippen LogP contribution in [0.1, 0.15) is 220 Å². The predicted octanol–water partition coefficient (Wildman–Crippen LogP) is 14.0. The molecule has 0 aliphatic rings. The Hall–Kier alpha value is -2.03. The molecule has 10 heteroatoms. The van der Waals surface area contributed by atoms with Gasteiger partial charge in [-0.25, -0.2) is 0 Å². The van der Waals surface area contributed by atoms with Gasteiger partial charge in [-0.15, -0.1) is 0 Å². The number of hydrogen-bond acceptors (Lipinski definition) is 7. The van der Waals surface area contributed by atoms with Crippen molar-refractivity contribution in [3.63, 3.8) is 0 Å². The molecule has 0 spiro atoms. The maximum Gasteiger partial charge on any atom is 0.306 e. The van der Waals surface area contributed by atoms with Crippen LogP contribution in [-0.4, -0.2) is 69.4 Å². The quantitative estimate of drug-likeness (QED) is 0.0213. The maximum absolute atomic E-state index is 13.4. The Bertz CT molecular complexity index is 1210. The monoisotopic (exact) mass is 893 g/mol. The highest BCUT2D eigenvalue weighted by Crippen LogP contribution is 2.38. The van der Waals surface area contributed by atoms with E-state index in [1.165, 1.54) is 77.0 Å². The molecule has 3 atom stereocenters. The van der Waals surface area contributed by atoms with E-state index in [2.05, 4.69) is 62.5 Å². The van der Waals surface area contributed by atoms with Crippen molar-refractivity contribution in [2.24, 2.45) is 0 Å². The lowest BCUT2D eigenvalue weighted by molar-refractivity contribution is -0.870. The lowest BCUT2D eigenvalue weighted by Gasteiger charge is -2.30. The van der Waals surface area contributed by atoms with Crippen LogP contribution in [0.5, 0.6) is 0 Å². The van der Waals surface area contributed by atoms with E-state index < -0.39 is 26.6 Å². The minimum absolute atomic E-state index is 0.0257. The van der Waals surface area contributed by atoms with Crippen molar-refractivity contribution in [2.45, 2.75) is 232 Å². The zero-order valence-corrected chi connectivity index (χ0v) is 42.0. The van der Waals surface area contributed by atoms with Crippen LogP contribution in [0.2, 0.25) is 0 Å². The lowest BCUT2D eigenvalue weighted by atomic mass is 10.1. The largest absolute Gasteiger partial charge is 0.756 e. The summed E-state index contributed by atoms with van der Waals surface area (Å²) in [6.45, 7) is 6.66. The van der Waals surface area contributed by atoms with Gasteiger partial charge in [0.25, 0.3) is 7.82 Å². The molecule has 62 heavy (non-hydrogen) atoms. The Kier molecular flexibility index (Phi) is 41.5. The van der Waals surface area contributed by atoms with Gasteiger partial charge in [0.15, 0.2) is 0 Å². The SMILES string of the molecule is CC/C=C/C/C=C/CCCCCCCCCC(=O)OC(/C=C/CCCCCCCCCCC)C(COP(=O)([O-])OCC[N+](C)(C)C)NC(=O)CCCCCCC/C=C\CCCC. The number of ether oxygens (including phenoxy) is 1. The first-order chi connectivity index (χ1) is 29.9. The van der Waals surface area contributed by atoms with Gasteiger partial charge in [-0.05, 0) is 76.7 Å². The molecule has 0 radical (unpaired) electrons. The van der Waals surface area contributed by atoms with Gasteiger partial charge in [0.05, 0.1) is 33.8 Å². The highest BCUT2D eigenvalue weighted by molar-refractivity contribution is 7.45. The number of phosphoric ester groups is 1. The van der Waals surface area contributed by atoms with Gasteiger partial charge < -0.3 is 28.5 Å². The summed E-state index contributed by atoms with van der Waals surface area (Å²) in [4.78, 5) is 39.6. The van der Waals surface area contributed by atoms with Gasteiger partial charge in [-0.3, -0.25) is 14.2 Å². The van der Waals surface area contributed by atoms with Crippen molar-refractivity contribution in [1.29, 1.82) is 0 Å². The standard InChI is InChI=1S/C52H97N2O7P/c1-7-10-13-16-19-22-25-26-27-30-33-36-39-42-45-52(56)61-50(43-40-37-34-31-28-23-20-17-14-11-8-2)49(48-60-62(57,58)59-47-46-54(4,5)6)53-51(55)44-41-38-35-32-29-24-21-18-15-12-9-3/h10,13,18-19,21-22,40,43,49-50H,7-9,11-12,14-17,20,23-39,41-42,44-48H2,1-6H3,(H-,53,55,57,58)/b13-10+,21-18-,22-19+,43-40+. The molecule has 0 bridgehead atoms. The summed E-state index contributed by atoms with van der Waals surface area (Å²) >= 11 is 0. The van der Waals surface area contributed by atoms with E-state index in [0.29, 0.717) is 17.4 Å². The maximum atomic E-state index is 13.4. The van der Waals surface area contributed by atoms with Crippen LogP contribution in [-0.2, 0) is 27.9 Å². The number of carbonyl (C=O) groups is 2. The fraction of sp³-hybridized carbons (Fsp3) is 0.808. The molecule has 0 saturated carbocycles. The molecule has 0 saturated heterocycles. The van der Waals surface area contributed by atoms with E-state index in [0.717, 1.165) is 109 Å². The number of esters is 1. The summed E-state index contributed by atoms with van der Waals surface area (Å²) < 4.78 is 30.0. The summed E-state index contributed by atoms with van der Waals surface area (Å²) in [6, 6.07) is -0.891. The van der Waals surface area contributed by atoms with Crippen LogP contribution in [0.15, 0.2) is 48.6 Å². The van der Waals surface area contributed by atoms with Gasteiger partial charge in [-0.2, -0.15) is 0 Å². The number of carbonyl (C=O) groups excluding carboxylic acids is 2. The number of nitrogens with zero attached hydrogens (tertiary/aromatic N) is 1. The Balaban J connectivity index is 5.44. The zero-order valence-electron chi connectivity index (χ0n) is 41.1. The van der Waals surface area contributed by atoms with Crippen LogP contribution in [0.25, 0.3) is 0 Å². The molecule has 1 amide bonds. The van der Waals surface area contributed by atoms with Crippen LogP contribution in [0.4, 0.5) is 0 Å². The van der Waals surface area contributed by atoms with Crippen LogP contribution in [0, 0.1) is 0 Å². The number of rotatable bonds is 45. The molecule has 0 aliphatic heterocycles. The summed E-state index contributed by atoms with van der Waals surface area (Å²) in [5.41, 5.74) is 0. The second-order valence-corrected chi connectivity index (χ2v) is 19.7.